The van der Waals surface area contributed by atoms with E-state index in [9.17, 15) is 4.79 Å². The van der Waals surface area contributed by atoms with Crippen molar-refractivity contribution in [1.29, 1.82) is 0 Å². The quantitative estimate of drug-likeness (QED) is 0.848. The lowest BCUT2D eigenvalue weighted by molar-refractivity contribution is -0.132. The van der Waals surface area contributed by atoms with E-state index < -0.39 is 0 Å². The summed E-state index contributed by atoms with van der Waals surface area (Å²) < 4.78 is 0. The number of nitrogens with zero attached hydrogens (tertiary/aromatic N) is 4. The molecule has 138 valence electrons. The molecule has 5 heteroatoms. The molecule has 5 nitrogen and oxygen atoms in total. The van der Waals surface area contributed by atoms with Gasteiger partial charge >= 0.3 is 0 Å². The number of likely N-dealkylation sites (N-methyl/N-ethyl adjacent to an activating group) is 1. The van der Waals surface area contributed by atoms with Crippen LogP contribution >= 0.6 is 0 Å². The minimum absolute atomic E-state index is 0.294. The average molecular weight is 352 g/mol. The van der Waals surface area contributed by atoms with Crippen LogP contribution in [-0.4, -0.2) is 66.0 Å². The Balaban J connectivity index is 1.38. The zero-order valence-corrected chi connectivity index (χ0v) is 15.8. The molecule has 0 radical (unpaired) electrons. The number of anilines is 1. The standard InChI is InChI=1S/C21H28N4O/c1-16-6-5-12-25(16)21(26)15-24-13-11-18(14-24)23(2)20-10-9-17-7-3-4-8-19(17)22-20/h3-4,7-10,16,18H,5-6,11-15H2,1-2H3/t16-,18-/m1/s1. The van der Waals surface area contributed by atoms with E-state index in [4.69, 9.17) is 4.98 Å². The van der Waals surface area contributed by atoms with Crippen LogP contribution in [0.2, 0.25) is 0 Å². The summed E-state index contributed by atoms with van der Waals surface area (Å²) in [6.45, 7) is 5.56. The maximum atomic E-state index is 12.6. The smallest absolute Gasteiger partial charge is 0.236 e. The lowest BCUT2D eigenvalue weighted by Gasteiger charge is -2.27. The van der Waals surface area contributed by atoms with Gasteiger partial charge in [-0.3, -0.25) is 9.69 Å². The van der Waals surface area contributed by atoms with Crippen LogP contribution in [0.5, 0.6) is 0 Å². The van der Waals surface area contributed by atoms with E-state index in [1.807, 2.05) is 12.1 Å². The molecule has 3 heterocycles. The third-order valence-corrected chi connectivity index (χ3v) is 5.97. The summed E-state index contributed by atoms with van der Waals surface area (Å²) in [5, 5.41) is 1.17. The number of hydrogen-bond donors (Lipinski definition) is 0. The molecule has 0 unspecified atom stereocenters. The number of hydrogen-bond acceptors (Lipinski definition) is 4. The van der Waals surface area contributed by atoms with Crippen molar-refractivity contribution in [3.05, 3.63) is 36.4 Å². The summed E-state index contributed by atoms with van der Waals surface area (Å²) in [6, 6.07) is 13.3. The van der Waals surface area contributed by atoms with Crippen LogP contribution in [0.1, 0.15) is 26.2 Å². The molecule has 26 heavy (non-hydrogen) atoms. The molecule has 0 N–H and O–H groups in total. The summed E-state index contributed by atoms with van der Waals surface area (Å²) in [7, 11) is 2.12. The van der Waals surface area contributed by atoms with E-state index in [-0.39, 0.29) is 0 Å². The highest BCUT2D eigenvalue weighted by Gasteiger charge is 2.31. The summed E-state index contributed by atoms with van der Waals surface area (Å²) in [4.78, 5) is 24.0. The number of fused-ring (bicyclic) bond motifs is 1. The van der Waals surface area contributed by atoms with Crippen molar-refractivity contribution in [2.75, 3.05) is 38.1 Å². The van der Waals surface area contributed by atoms with Gasteiger partial charge in [0.2, 0.25) is 5.91 Å². The minimum Gasteiger partial charge on any atom is -0.355 e. The molecule has 2 aliphatic heterocycles. The first kappa shape index (κ1) is 17.3. The van der Waals surface area contributed by atoms with Crippen molar-refractivity contribution >= 4 is 22.6 Å². The predicted molar refractivity (Wildman–Crippen MR) is 105 cm³/mol. The third-order valence-electron chi connectivity index (χ3n) is 5.97. The van der Waals surface area contributed by atoms with Crippen molar-refractivity contribution in [2.24, 2.45) is 0 Å². The van der Waals surface area contributed by atoms with E-state index >= 15 is 0 Å². The van der Waals surface area contributed by atoms with Crippen molar-refractivity contribution in [3.63, 3.8) is 0 Å². The van der Waals surface area contributed by atoms with Crippen molar-refractivity contribution in [2.45, 2.75) is 38.3 Å². The monoisotopic (exact) mass is 352 g/mol. The van der Waals surface area contributed by atoms with Crippen molar-refractivity contribution < 1.29 is 4.79 Å². The Morgan fingerprint density at radius 2 is 2.04 bits per heavy atom. The molecule has 2 saturated heterocycles. The Labute approximate surface area is 155 Å². The first-order valence-corrected chi connectivity index (χ1v) is 9.72. The Kier molecular flexibility index (Phi) is 4.81. The van der Waals surface area contributed by atoms with Gasteiger partial charge in [0, 0.05) is 44.2 Å². The van der Waals surface area contributed by atoms with Gasteiger partial charge in [-0.2, -0.15) is 0 Å². The molecule has 1 amide bonds. The van der Waals surface area contributed by atoms with Gasteiger partial charge in [0.1, 0.15) is 5.82 Å². The van der Waals surface area contributed by atoms with E-state index in [0.717, 1.165) is 50.2 Å². The highest BCUT2D eigenvalue weighted by molar-refractivity contribution is 5.80. The molecule has 1 aromatic carbocycles. The SMILES string of the molecule is C[C@@H]1CCCN1C(=O)CN1CC[C@@H](N(C)c2ccc3ccccc3n2)C1. The fourth-order valence-electron chi connectivity index (χ4n) is 4.30. The molecular weight excluding hydrogens is 324 g/mol. The number of amides is 1. The van der Waals surface area contributed by atoms with Crippen LogP contribution in [0.4, 0.5) is 5.82 Å². The van der Waals surface area contributed by atoms with Gasteiger partial charge in [0.15, 0.2) is 0 Å². The van der Waals surface area contributed by atoms with Crippen molar-refractivity contribution in [1.82, 2.24) is 14.8 Å². The molecule has 0 saturated carbocycles. The topological polar surface area (TPSA) is 39.7 Å². The first-order valence-electron chi connectivity index (χ1n) is 9.72. The first-order chi connectivity index (χ1) is 12.6. The molecule has 0 spiro atoms. The number of rotatable bonds is 4. The maximum absolute atomic E-state index is 12.6. The molecule has 0 bridgehead atoms. The van der Waals surface area contributed by atoms with Crippen molar-refractivity contribution in [3.8, 4) is 0 Å². The third kappa shape index (κ3) is 3.40. The number of benzene rings is 1. The molecule has 2 aromatic rings. The van der Waals surface area contributed by atoms with Gasteiger partial charge in [-0.05, 0) is 44.4 Å². The summed E-state index contributed by atoms with van der Waals surface area (Å²) >= 11 is 0. The second kappa shape index (κ2) is 7.23. The van der Waals surface area contributed by atoms with Gasteiger partial charge in [0.05, 0.1) is 12.1 Å². The highest BCUT2D eigenvalue weighted by Crippen LogP contribution is 2.23. The van der Waals surface area contributed by atoms with Gasteiger partial charge < -0.3 is 9.80 Å². The van der Waals surface area contributed by atoms with Gasteiger partial charge in [-0.15, -0.1) is 0 Å². The zero-order chi connectivity index (χ0) is 18.1. The summed E-state index contributed by atoms with van der Waals surface area (Å²) in [5.74, 6) is 1.30. The van der Waals surface area contributed by atoms with Crippen LogP contribution < -0.4 is 4.90 Å². The van der Waals surface area contributed by atoms with Gasteiger partial charge in [-0.25, -0.2) is 4.98 Å². The average Bonchev–Trinajstić information content (AvgIpc) is 3.29. The lowest BCUT2D eigenvalue weighted by atomic mass is 10.2. The van der Waals surface area contributed by atoms with Crippen LogP contribution in [-0.2, 0) is 4.79 Å². The number of carbonyl (C=O) groups is 1. The van der Waals surface area contributed by atoms with Crippen LogP contribution in [0.15, 0.2) is 36.4 Å². The Morgan fingerprint density at radius 1 is 1.19 bits per heavy atom. The Morgan fingerprint density at radius 3 is 2.85 bits per heavy atom. The second-order valence-corrected chi connectivity index (χ2v) is 7.73. The molecule has 0 aliphatic carbocycles. The molecule has 2 aliphatic rings. The maximum Gasteiger partial charge on any atom is 0.236 e. The summed E-state index contributed by atoms with van der Waals surface area (Å²) in [6.07, 6.45) is 3.37. The molecular formula is C21H28N4O. The van der Waals surface area contributed by atoms with E-state index in [0.29, 0.717) is 24.5 Å². The van der Waals surface area contributed by atoms with E-state index in [2.05, 4.69) is 52.9 Å². The number of aromatic nitrogens is 1. The highest BCUT2D eigenvalue weighted by atomic mass is 16.2. The fourth-order valence-corrected chi connectivity index (χ4v) is 4.30. The second-order valence-electron chi connectivity index (χ2n) is 7.73. The predicted octanol–water partition coefficient (Wildman–Crippen LogP) is 2.76. The van der Waals surface area contributed by atoms with E-state index in [1.165, 1.54) is 5.39 Å². The minimum atomic E-state index is 0.294. The number of carbonyl (C=O) groups excluding carboxylic acids is 1. The largest absolute Gasteiger partial charge is 0.355 e. The van der Waals surface area contributed by atoms with Crippen LogP contribution in [0.3, 0.4) is 0 Å². The fraction of sp³-hybridized carbons (Fsp3) is 0.524. The van der Waals surface area contributed by atoms with Gasteiger partial charge in [0.25, 0.3) is 0 Å². The Hall–Kier alpha value is -2.14. The number of likely N-dealkylation sites (tertiary alicyclic amines) is 2. The number of pyridine rings is 1. The molecule has 4 rings (SSSR count). The molecule has 2 fully saturated rings. The van der Waals surface area contributed by atoms with Gasteiger partial charge in [-0.1, -0.05) is 18.2 Å². The number of para-hydroxylation sites is 1. The molecule has 1 aromatic heterocycles. The van der Waals surface area contributed by atoms with Crippen LogP contribution in [0.25, 0.3) is 10.9 Å². The lowest BCUT2D eigenvalue weighted by Crippen LogP contribution is -2.42. The Bertz CT molecular complexity index is 792. The van der Waals surface area contributed by atoms with E-state index in [1.54, 1.807) is 0 Å². The summed E-state index contributed by atoms with van der Waals surface area (Å²) in [5.41, 5.74) is 1.03. The zero-order valence-electron chi connectivity index (χ0n) is 15.8. The molecule has 2 atom stereocenters. The normalized spacial score (nSPS) is 23.7. The van der Waals surface area contributed by atoms with Crippen LogP contribution in [0, 0.1) is 0 Å².